The average Bonchev–Trinajstić information content (AvgIpc) is 3.00. The Kier molecular flexibility index (Phi) is 5.48. The van der Waals surface area contributed by atoms with Gasteiger partial charge in [0.2, 0.25) is 10.0 Å². The van der Waals surface area contributed by atoms with Crippen molar-refractivity contribution in [2.75, 3.05) is 14.2 Å². The molecule has 0 aliphatic carbocycles. The summed E-state index contributed by atoms with van der Waals surface area (Å²) in [5.41, 5.74) is 2.81. The van der Waals surface area contributed by atoms with Gasteiger partial charge in [-0.1, -0.05) is 5.16 Å². The van der Waals surface area contributed by atoms with Crippen molar-refractivity contribution in [3.05, 3.63) is 53.2 Å². The van der Waals surface area contributed by atoms with Gasteiger partial charge in [-0.15, -0.1) is 0 Å². The molecule has 0 saturated carbocycles. The zero-order valence-electron chi connectivity index (χ0n) is 16.4. The number of rotatable bonds is 6. The second-order valence-electron chi connectivity index (χ2n) is 6.44. The molecule has 0 radical (unpaired) electrons. The normalized spacial score (nSPS) is 11.8. The summed E-state index contributed by atoms with van der Waals surface area (Å²) in [6.07, 6.45) is 1.64. The maximum absolute atomic E-state index is 12.9. The Morgan fingerprint density at radius 2 is 1.82 bits per heavy atom. The fraction of sp³-hybridized carbons (Fsp3) is 0.316. The summed E-state index contributed by atoms with van der Waals surface area (Å²) in [7, 11) is -0.665. The third kappa shape index (κ3) is 3.76. The molecule has 0 unspecified atom stereocenters. The highest BCUT2D eigenvalue weighted by Gasteiger charge is 2.24. The van der Waals surface area contributed by atoms with Crippen molar-refractivity contribution in [2.45, 2.75) is 32.2 Å². The molecule has 1 aromatic carbocycles. The number of aromatic nitrogens is 3. The van der Waals surface area contributed by atoms with E-state index in [1.165, 1.54) is 30.6 Å². The first-order valence-electron chi connectivity index (χ1n) is 8.60. The van der Waals surface area contributed by atoms with Gasteiger partial charge in [0, 0.05) is 18.8 Å². The molecule has 28 heavy (non-hydrogen) atoms. The first-order chi connectivity index (χ1) is 13.2. The Morgan fingerprint density at radius 1 is 1.14 bits per heavy atom. The van der Waals surface area contributed by atoms with Crippen LogP contribution in [0, 0.1) is 20.8 Å². The number of methoxy groups -OCH3 is 1. The Bertz CT molecular complexity index is 1090. The second kappa shape index (κ2) is 7.69. The van der Waals surface area contributed by atoms with E-state index in [1.807, 2.05) is 13.8 Å². The Labute approximate surface area is 164 Å². The van der Waals surface area contributed by atoms with E-state index in [2.05, 4.69) is 15.1 Å². The molecule has 0 atom stereocenters. The molecule has 3 aromatic rings. The number of sulfonamides is 1. The molecular formula is C19H22N4O4S. The van der Waals surface area contributed by atoms with Gasteiger partial charge >= 0.3 is 0 Å². The van der Waals surface area contributed by atoms with Crippen molar-refractivity contribution in [1.82, 2.24) is 19.4 Å². The van der Waals surface area contributed by atoms with Gasteiger partial charge in [-0.3, -0.25) is 0 Å². The van der Waals surface area contributed by atoms with Crippen molar-refractivity contribution in [2.24, 2.45) is 0 Å². The molecule has 0 bridgehead atoms. The number of hydrogen-bond acceptors (Lipinski definition) is 7. The zero-order valence-corrected chi connectivity index (χ0v) is 17.2. The predicted molar refractivity (Wildman–Crippen MR) is 103 cm³/mol. The molecule has 3 rings (SSSR count). The van der Waals surface area contributed by atoms with Gasteiger partial charge in [-0.2, -0.15) is 4.31 Å². The summed E-state index contributed by atoms with van der Waals surface area (Å²) < 4.78 is 37.7. The summed E-state index contributed by atoms with van der Waals surface area (Å²) in [5.74, 6) is 1.68. The summed E-state index contributed by atoms with van der Waals surface area (Å²) >= 11 is 0. The van der Waals surface area contributed by atoms with E-state index >= 15 is 0 Å². The second-order valence-corrected chi connectivity index (χ2v) is 8.48. The fourth-order valence-corrected chi connectivity index (χ4v) is 3.85. The molecule has 0 fully saturated rings. The van der Waals surface area contributed by atoms with E-state index in [1.54, 1.807) is 25.3 Å². The first kappa shape index (κ1) is 20.0. The molecule has 148 valence electrons. The third-order valence-corrected chi connectivity index (χ3v) is 6.35. The van der Waals surface area contributed by atoms with Crippen molar-refractivity contribution in [3.63, 3.8) is 0 Å². The van der Waals surface area contributed by atoms with Crippen LogP contribution in [0.25, 0.3) is 11.3 Å². The summed E-state index contributed by atoms with van der Waals surface area (Å²) in [6, 6.07) is 6.25. The van der Waals surface area contributed by atoms with E-state index < -0.39 is 10.0 Å². The largest absolute Gasteiger partial charge is 0.497 e. The number of aryl methyl sites for hydroxylation is 2. The highest BCUT2D eigenvalue weighted by atomic mass is 32.2. The molecular weight excluding hydrogens is 380 g/mol. The van der Waals surface area contributed by atoms with Crippen LogP contribution in [0.5, 0.6) is 5.75 Å². The molecule has 9 heteroatoms. The van der Waals surface area contributed by atoms with Crippen LogP contribution in [0.2, 0.25) is 0 Å². The topological polar surface area (TPSA) is 98.4 Å². The Balaban J connectivity index is 1.96. The van der Waals surface area contributed by atoms with Gasteiger partial charge in [-0.25, -0.2) is 18.4 Å². The van der Waals surface area contributed by atoms with Crippen LogP contribution in [0.1, 0.15) is 22.8 Å². The summed E-state index contributed by atoms with van der Waals surface area (Å²) in [5, 5.41) is 3.97. The highest BCUT2D eigenvalue weighted by molar-refractivity contribution is 7.89. The van der Waals surface area contributed by atoms with Crippen molar-refractivity contribution >= 4 is 10.0 Å². The summed E-state index contributed by atoms with van der Waals surface area (Å²) in [4.78, 5) is 8.86. The van der Waals surface area contributed by atoms with Crippen LogP contribution in [-0.4, -0.2) is 42.0 Å². The lowest BCUT2D eigenvalue weighted by molar-refractivity contribution is 0.414. The molecule has 0 N–H and O–H groups in total. The Morgan fingerprint density at radius 3 is 2.39 bits per heavy atom. The molecule has 0 amide bonds. The highest BCUT2D eigenvalue weighted by Crippen LogP contribution is 2.29. The van der Waals surface area contributed by atoms with Gasteiger partial charge in [0.05, 0.1) is 35.5 Å². The van der Waals surface area contributed by atoms with Gasteiger partial charge in [0.15, 0.2) is 5.76 Å². The van der Waals surface area contributed by atoms with E-state index in [4.69, 9.17) is 9.26 Å². The van der Waals surface area contributed by atoms with E-state index in [0.717, 1.165) is 11.3 Å². The van der Waals surface area contributed by atoms with Gasteiger partial charge in [-0.05, 0) is 45.0 Å². The van der Waals surface area contributed by atoms with Crippen LogP contribution in [0.3, 0.4) is 0 Å². The zero-order chi connectivity index (χ0) is 20.5. The van der Waals surface area contributed by atoms with Crippen molar-refractivity contribution in [3.8, 4) is 17.1 Å². The first-order valence-corrected chi connectivity index (χ1v) is 10.0. The molecule has 0 saturated heterocycles. The number of ether oxygens (including phenoxy) is 1. The monoisotopic (exact) mass is 402 g/mol. The minimum Gasteiger partial charge on any atom is -0.497 e. The SMILES string of the molecule is COc1ccc(S(=O)(=O)N(C)Cc2nc(C)ncc2-c2onc(C)c2C)cc1. The molecule has 8 nitrogen and oxygen atoms in total. The maximum Gasteiger partial charge on any atom is 0.243 e. The fourth-order valence-electron chi connectivity index (χ4n) is 2.72. The van der Waals surface area contributed by atoms with Crippen LogP contribution in [-0.2, 0) is 16.6 Å². The standard InChI is InChI=1S/C19H22N4O4S/c1-12-13(2)22-27-19(12)17-10-20-14(3)21-18(17)11-23(4)28(24,25)16-8-6-15(26-5)7-9-16/h6-10H,11H2,1-5H3. The van der Waals surface area contributed by atoms with Gasteiger partial charge < -0.3 is 9.26 Å². The van der Waals surface area contributed by atoms with Gasteiger partial charge in [0.1, 0.15) is 11.6 Å². The summed E-state index contributed by atoms with van der Waals surface area (Å²) in [6.45, 7) is 5.55. The minimum atomic E-state index is -3.71. The molecule has 2 aromatic heterocycles. The predicted octanol–water partition coefficient (Wildman–Crippen LogP) is 2.89. The quantitative estimate of drug-likeness (QED) is 0.625. The third-order valence-electron chi connectivity index (χ3n) is 4.53. The van der Waals surface area contributed by atoms with E-state index in [0.29, 0.717) is 28.6 Å². The Hall–Kier alpha value is -2.78. The van der Waals surface area contributed by atoms with Crippen LogP contribution < -0.4 is 4.74 Å². The molecule has 0 aliphatic heterocycles. The molecule has 0 aliphatic rings. The lowest BCUT2D eigenvalue weighted by atomic mass is 10.1. The molecule has 2 heterocycles. The lowest BCUT2D eigenvalue weighted by Gasteiger charge is -2.18. The van der Waals surface area contributed by atoms with Gasteiger partial charge in [0.25, 0.3) is 0 Å². The maximum atomic E-state index is 12.9. The lowest BCUT2D eigenvalue weighted by Crippen LogP contribution is -2.27. The van der Waals surface area contributed by atoms with Crippen LogP contribution in [0.15, 0.2) is 39.9 Å². The average molecular weight is 402 g/mol. The molecule has 0 spiro atoms. The number of benzene rings is 1. The smallest absolute Gasteiger partial charge is 0.243 e. The van der Waals surface area contributed by atoms with Crippen molar-refractivity contribution in [1.29, 1.82) is 0 Å². The van der Waals surface area contributed by atoms with Crippen LogP contribution in [0.4, 0.5) is 0 Å². The van der Waals surface area contributed by atoms with E-state index in [9.17, 15) is 8.42 Å². The number of hydrogen-bond donors (Lipinski definition) is 0. The van der Waals surface area contributed by atoms with Crippen LogP contribution >= 0.6 is 0 Å². The minimum absolute atomic E-state index is 0.0617. The number of nitrogens with zero attached hydrogens (tertiary/aromatic N) is 4. The van der Waals surface area contributed by atoms with Crippen molar-refractivity contribution < 1.29 is 17.7 Å². The van der Waals surface area contributed by atoms with E-state index in [-0.39, 0.29) is 11.4 Å².